The molecule has 0 radical (unpaired) electrons. The first-order valence-electron chi connectivity index (χ1n) is 6.45. The van der Waals surface area contributed by atoms with E-state index in [1.807, 2.05) is 19.9 Å². The highest BCUT2D eigenvalue weighted by molar-refractivity contribution is 6.32. The van der Waals surface area contributed by atoms with Crippen molar-refractivity contribution in [1.29, 1.82) is 0 Å². The number of hydrogen-bond donors (Lipinski definition) is 2. The molecule has 19 heavy (non-hydrogen) atoms. The fraction of sp³-hybridized carbons (Fsp3) is 0.500. The lowest BCUT2D eigenvalue weighted by molar-refractivity contribution is -0.125. The van der Waals surface area contributed by atoms with Gasteiger partial charge < -0.3 is 15.8 Å². The lowest BCUT2D eigenvalue weighted by Gasteiger charge is -2.31. The van der Waals surface area contributed by atoms with E-state index in [9.17, 15) is 4.79 Å². The van der Waals surface area contributed by atoms with Crippen LogP contribution in [0.15, 0.2) is 24.3 Å². The van der Waals surface area contributed by atoms with Crippen molar-refractivity contribution >= 4 is 17.5 Å². The van der Waals surface area contributed by atoms with Gasteiger partial charge in [-0.05, 0) is 25.0 Å². The van der Waals surface area contributed by atoms with Gasteiger partial charge in [0.2, 0.25) is 0 Å². The highest BCUT2D eigenvalue weighted by Gasteiger charge is 2.26. The molecule has 106 valence electrons. The van der Waals surface area contributed by atoms with Gasteiger partial charge in [0.25, 0.3) is 5.91 Å². The number of hydrogen-bond acceptors (Lipinski definition) is 3. The number of halogens is 1. The summed E-state index contributed by atoms with van der Waals surface area (Å²) in [7, 11) is 0. The first-order valence-corrected chi connectivity index (χ1v) is 6.83. The van der Waals surface area contributed by atoms with E-state index >= 15 is 0 Å². The van der Waals surface area contributed by atoms with Crippen LogP contribution in [0.1, 0.15) is 26.7 Å². The highest BCUT2D eigenvalue weighted by atomic mass is 35.5. The van der Waals surface area contributed by atoms with Crippen LogP contribution in [0.5, 0.6) is 5.75 Å². The summed E-state index contributed by atoms with van der Waals surface area (Å²) in [5.41, 5.74) is 5.39. The summed E-state index contributed by atoms with van der Waals surface area (Å²) in [6.07, 6.45) is 1.58. The van der Waals surface area contributed by atoms with Crippen LogP contribution in [0.3, 0.4) is 0 Å². The maximum atomic E-state index is 11.9. The molecule has 5 heteroatoms. The molecule has 1 amide bonds. The van der Waals surface area contributed by atoms with Gasteiger partial charge in [-0.1, -0.05) is 37.6 Å². The lowest BCUT2D eigenvalue weighted by Crippen LogP contribution is -2.54. The number of carbonyl (C=O) groups excluding carboxylic acids is 1. The molecular weight excluding hydrogens is 264 g/mol. The van der Waals surface area contributed by atoms with Crippen molar-refractivity contribution in [1.82, 2.24) is 5.32 Å². The van der Waals surface area contributed by atoms with Gasteiger partial charge in [0.1, 0.15) is 5.75 Å². The van der Waals surface area contributed by atoms with Crippen LogP contribution in [0.2, 0.25) is 5.02 Å². The SMILES string of the molecule is CCC(CC)(CN)NC(=O)COc1ccccc1Cl. The van der Waals surface area contributed by atoms with Gasteiger partial charge in [-0.3, -0.25) is 4.79 Å². The molecule has 0 aliphatic carbocycles. The molecule has 0 aromatic heterocycles. The summed E-state index contributed by atoms with van der Waals surface area (Å²) in [6.45, 7) is 4.36. The maximum Gasteiger partial charge on any atom is 0.258 e. The van der Waals surface area contributed by atoms with Gasteiger partial charge >= 0.3 is 0 Å². The van der Waals surface area contributed by atoms with Crippen LogP contribution < -0.4 is 15.8 Å². The van der Waals surface area contributed by atoms with Crippen LogP contribution in [-0.4, -0.2) is 24.6 Å². The quantitative estimate of drug-likeness (QED) is 0.808. The maximum absolute atomic E-state index is 11.9. The number of nitrogens with two attached hydrogens (primary N) is 1. The molecule has 0 unspecified atom stereocenters. The van der Waals surface area contributed by atoms with Crippen molar-refractivity contribution in [2.24, 2.45) is 5.73 Å². The Morgan fingerprint density at radius 1 is 1.37 bits per heavy atom. The minimum atomic E-state index is -0.346. The average Bonchev–Trinajstić information content (AvgIpc) is 2.44. The van der Waals surface area contributed by atoms with Gasteiger partial charge in [0, 0.05) is 6.54 Å². The molecule has 4 nitrogen and oxygen atoms in total. The number of ether oxygens (including phenoxy) is 1. The Labute approximate surface area is 119 Å². The second-order valence-corrected chi connectivity index (χ2v) is 4.87. The van der Waals surface area contributed by atoms with E-state index < -0.39 is 0 Å². The Morgan fingerprint density at radius 3 is 2.53 bits per heavy atom. The van der Waals surface area contributed by atoms with E-state index in [1.54, 1.807) is 18.2 Å². The Hall–Kier alpha value is -1.26. The largest absolute Gasteiger partial charge is 0.482 e. The highest BCUT2D eigenvalue weighted by Crippen LogP contribution is 2.23. The van der Waals surface area contributed by atoms with Crippen molar-refractivity contribution in [2.45, 2.75) is 32.2 Å². The molecule has 3 N–H and O–H groups in total. The van der Waals surface area contributed by atoms with Crippen molar-refractivity contribution in [3.05, 3.63) is 29.3 Å². The van der Waals surface area contributed by atoms with E-state index in [0.717, 1.165) is 12.8 Å². The predicted octanol–water partition coefficient (Wildman–Crippen LogP) is 2.35. The van der Waals surface area contributed by atoms with Crippen molar-refractivity contribution in [3.63, 3.8) is 0 Å². The average molecular weight is 285 g/mol. The third-order valence-corrected chi connectivity index (χ3v) is 3.66. The Balaban J connectivity index is 2.54. The number of para-hydroxylation sites is 1. The normalized spacial score (nSPS) is 11.2. The smallest absolute Gasteiger partial charge is 0.258 e. The summed E-state index contributed by atoms with van der Waals surface area (Å²) in [5.74, 6) is 0.319. The standard InChI is InChI=1S/C14H21ClN2O2/c1-3-14(4-2,10-16)17-13(18)9-19-12-8-6-5-7-11(12)15/h5-8H,3-4,9-10,16H2,1-2H3,(H,17,18). The van der Waals surface area contributed by atoms with Crippen molar-refractivity contribution < 1.29 is 9.53 Å². The van der Waals surface area contributed by atoms with E-state index in [1.165, 1.54) is 0 Å². The number of amides is 1. The fourth-order valence-corrected chi connectivity index (χ4v) is 1.99. The zero-order valence-corrected chi connectivity index (χ0v) is 12.2. The minimum Gasteiger partial charge on any atom is -0.482 e. The van der Waals surface area contributed by atoms with Crippen LogP contribution in [0.25, 0.3) is 0 Å². The van der Waals surface area contributed by atoms with Crippen LogP contribution in [-0.2, 0) is 4.79 Å². The molecule has 0 saturated heterocycles. The molecule has 1 aromatic carbocycles. The van der Waals surface area contributed by atoms with Gasteiger partial charge in [-0.15, -0.1) is 0 Å². The summed E-state index contributed by atoms with van der Waals surface area (Å²) in [4.78, 5) is 11.9. The van der Waals surface area contributed by atoms with Gasteiger partial charge in [-0.2, -0.15) is 0 Å². The summed E-state index contributed by atoms with van der Waals surface area (Å²) in [5, 5.41) is 3.43. The topological polar surface area (TPSA) is 64.3 Å². The van der Waals surface area contributed by atoms with Crippen LogP contribution >= 0.6 is 11.6 Å². The second kappa shape index (κ2) is 7.36. The molecule has 0 aliphatic heterocycles. The number of rotatable bonds is 7. The molecular formula is C14H21ClN2O2. The molecule has 1 aromatic rings. The van der Waals surface area contributed by atoms with E-state index in [-0.39, 0.29) is 18.1 Å². The number of benzene rings is 1. The fourth-order valence-electron chi connectivity index (χ4n) is 1.80. The second-order valence-electron chi connectivity index (χ2n) is 4.46. The first kappa shape index (κ1) is 15.8. The molecule has 0 saturated carbocycles. The predicted molar refractivity (Wildman–Crippen MR) is 77.5 cm³/mol. The molecule has 1 rings (SSSR count). The molecule has 0 aliphatic rings. The zero-order chi connectivity index (χ0) is 14.3. The first-order chi connectivity index (χ1) is 9.06. The van der Waals surface area contributed by atoms with E-state index in [0.29, 0.717) is 17.3 Å². The van der Waals surface area contributed by atoms with Crippen molar-refractivity contribution in [3.8, 4) is 5.75 Å². The van der Waals surface area contributed by atoms with Gasteiger partial charge in [0.15, 0.2) is 6.61 Å². The molecule has 0 bridgehead atoms. The molecule has 0 heterocycles. The molecule has 0 atom stereocenters. The van der Waals surface area contributed by atoms with Gasteiger partial charge in [-0.25, -0.2) is 0 Å². The summed E-state index contributed by atoms with van der Waals surface area (Å²) >= 11 is 5.95. The molecule has 0 spiro atoms. The Morgan fingerprint density at radius 2 is 2.00 bits per heavy atom. The van der Waals surface area contributed by atoms with Crippen LogP contribution in [0.4, 0.5) is 0 Å². The Bertz CT molecular complexity index is 411. The van der Waals surface area contributed by atoms with E-state index in [4.69, 9.17) is 22.1 Å². The third-order valence-electron chi connectivity index (χ3n) is 3.34. The third kappa shape index (κ3) is 4.40. The van der Waals surface area contributed by atoms with Crippen LogP contribution in [0, 0.1) is 0 Å². The molecule has 0 fully saturated rings. The zero-order valence-electron chi connectivity index (χ0n) is 11.4. The number of nitrogens with one attached hydrogen (secondary N) is 1. The van der Waals surface area contributed by atoms with Gasteiger partial charge in [0.05, 0.1) is 10.6 Å². The minimum absolute atomic E-state index is 0.0640. The van der Waals surface area contributed by atoms with E-state index in [2.05, 4.69) is 5.32 Å². The van der Waals surface area contributed by atoms with Crippen molar-refractivity contribution in [2.75, 3.05) is 13.2 Å². The Kier molecular flexibility index (Phi) is 6.12. The number of carbonyl (C=O) groups is 1. The summed E-state index contributed by atoms with van der Waals surface area (Å²) in [6, 6.07) is 7.06. The lowest BCUT2D eigenvalue weighted by atomic mass is 9.93. The monoisotopic (exact) mass is 284 g/mol. The summed E-state index contributed by atoms with van der Waals surface area (Å²) < 4.78 is 5.39.